The Bertz CT molecular complexity index is 510. The molecule has 0 aliphatic carbocycles. The van der Waals surface area contributed by atoms with Crippen LogP contribution in [0.1, 0.15) is 5.82 Å². The van der Waals surface area contributed by atoms with Crippen molar-refractivity contribution in [1.82, 2.24) is 15.0 Å². The van der Waals surface area contributed by atoms with Gasteiger partial charge in [0.2, 0.25) is 0 Å². The molecule has 2 aromatic heterocycles. The summed E-state index contributed by atoms with van der Waals surface area (Å²) in [6.45, 7) is 1.58. The number of nitrogens with one attached hydrogen (secondary N) is 1. The summed E-state index contributed by atoms with van der Waals surface area (Å²) in [5.41, 5.74) is 2.27. The first-order valence-electron chi connectivity index (χ1n) is 4.20. The molecule has 0 saturated heterocycles. The summed E-state index contributed by atoms with van der Waals surface area (Å²) in [4.78, 5) is 23.5. The van der Waals surface area contributed by atoms with E-state index in [4.69, 9.17) is 5.11 Å². The van der Waals surface area contributed by atoms with Gasteiger partial charge in [-0.15, -0.1) is 11.3 Å². The number of carboxylic acid groups (broad SMARTS) is 1. The largest absolute Gasteiger partial charge is 0.480 e. The molecule has 0 bridgehead atoms. The molecule has 0 spiro atoms. The fourth-order valence-electron chi connectivity index (χ4n) is 1.15. The molecule has 0 saturated carbocycles. The topological polar surface area (TPSA) is 88.0 Å². The Morgan fingerprint density at radius 1 is 1.60 bits per heavy atom. The number of carbonyl (C=O) groups is 1. The monoisotopic (exact) mass is 224 g/mol. The molecule has 6 nitrogen and oxygen atoms in total. The fourth-order valence-corrected chi connectivity index (χ4v) is 1.85. The van der Waals surface area contributed by atoms with Crippen molar-refractivity contribution in [2.24, 2.45) is 0 Å². The Morgan fingerprint density at radius 3 is 3.13 bits per heavy atom. The number of aryl methyl sites for hydroxylation is 1. The Morgan fingerprint density at radius 2 is 2.40 bits per heavy atom. The lowest BCUT2D eigenvalue weighted by Crippen LogP contribution is -2.14. The van der Waals surface area contributed by atoms with E-state index in [1.54, 1.807) is 12.4 Å². The molecule has 7 heteroatoms. The van der Waals surface area contributed by atoms with Crippen molar-refractivity contribution in [3.63, 3.8) is 0 Å². The molecule has 0 radical (unpaired) electrons. The molecular weight excluding hydrogens is 216 g/mol. The minimum absolute atomic E-state index is 0.178. The minimum Gasteiger partial charge on any atom is -0.480 e. The van der Waals surface area contributed by atoms with Gasteiger partial charge in [-0.3, -0.25) is 4.79 Å². The molecule has 0 aromatic carbocycles. The molecule has 2 rings (SSSR count). The zero-order chi connectivity index (χ0) is 10.8. The van der Waals surface area contributed by atoms with Gasteiger partial charge in [0.15, 0.2) is 5.82 Å². The predicted molar refractivity (Wildman–Crippen MR) is 56.1 cm³/mol. The van der Waals surface area contributed by atoms with Gasteiger partial charge in [0.25, 0.3) is 0 Å². The highest BCUT2D eigenvalue weighted by atomic mass is 32.1. The standard InChI is InChI=1S/C8H8N4O2S/c1-4-11-7(9-2-5(13)14)6-8(12-4)15-3-10-6/h3H,2H2,1H3,(H,13,14)(H,9,11,12). The molecule has 78 valence electrons. The third-order valence-corrected chi connectivity index (χ3v) is 2.44. The van der Waals surface area contributed by atoms with E-state index in [-0.39, 0.29) is 6.54 Å². The van der Waals surface area contributed by atoms with E-state index in [0.717, 1.165) is 4.83 Å². The first-order chi connectivity index (χ1) is 7.16. The molecule has 0 atom stereocenters. The summed E-state index contributed by atoms with van der Waals surface area (Å²) in [6, 6.07) is 0. The van der Waals surface area contributed by atoms with Gasteiger partial charge >= 0.3 is 5.97 Å². The van der Waals surface area contributed by atoms with Gasteiger partial charge in [-0.1, -0.05) is 0 Å². The number of thiazole rings is 1. The zero-order valence-corrected chi connectivity index (χ0v) is 8.71. The van der Waals surface area contributed by atoms with Gasteiger partial charge in [-0.25, -0.2) is 15.0 Å². The molecule has 2 N–H and O–H groups in total. The molecular formula is C8H8N4O2S. The van der Waals surface area contributed by atoms with Crippen LogP contribution in [0.25, 0.3) is 10.3 Å². The Balaban J connectivity index is 2.39. The van der Waals surface area contributed by atoms with Crippen LogP contribution >= 0.6 is 11.3 Å². The van der Waals surface area contributed by atoms with E-state index < -0.39 is 5.97 Å². The van der Waals surface area contributed by atoms with Gasteiger partial charge < -0.3 is 10.4 Å². The van der Waals surface area contributed by atoms with E-state index in [1.165, 1.54) is 11.3 Å². The highest BCUT2D eigenvalue weighted by molar-refractivity contribution is 7.16. The van der Waals surface area contributed by atoms with Gasteiger partial charge in [-0.2, -0.15) is 0 Å². The zero-order valence-electron chi connectivity index (χ0n) is 7.89. The predicted octanol–water partition coefficient (Wildman–Crippen LogP) is 0.891. The van der Waals surface area contributed by atoms with Crippen LogP contribution in [0.4, 0.5) is 5.82 Å². The average Bonchev–Trinajstić information content (AvgIpc) is 2.61. The number of hydrogen-bond acceptors (Lipinski definition) is 6. The number of fused-ring (bicyclic) bond motifs is 1. The second-order valence-electron chi connectivity index (χ2n) is 2.87. The number of carboxylic acids is 1. The summed E-state index contributed by atoms with van der Waals surface area (Å²) in [6.07, 6.45) is 0. The van der Waals surface area contributed by atoms with Gasteiger partial charge in [0, 0.05) is 0 Å². The number of aliphatic carboxylic acids is 1. The molecule has 2 aromatic rings. The average molecular weight is 224 g/mol. The third-order valence-electron chi connectivity index (χ3n) is 1.72. The van der Waals surface area contributed by atoms with Gasteiger partial charge in [-0.05, 0) is 6.92 Å². The molecule has 15 heavy (non-hydrogen) atoms. The van der Waals surface area contributed by atoms with Crippen LogP contribution in [-0.4, -0.2) is 32.6 Å². The second kappa shape index (κ2) is 3.77. The second-order valence-corrected chi connectivity index (χ2v) is 3.71. The Hall–Kier alpha value is -1.76. The third kappa shape index (κ3) is 2.01. The summed E-state index contributed by atoms with van der Waals surface area (Å²) >= 11 is 1.40. The van der Waals surface area contributed by atoms with E-state index in [0.29, 0.717) is 17.2 Å². The van der Waals surface area contributed by atoms with Crippen molar-refractivity contribution in [3.8, 4) is 0 Å². The van der Waals surface area contributed by atoms with E-state index in [9.17, 15) is 4.79 Å². The van der Waals surface area contributed by atoms with Crippen molar-refractivity contribution in [2.45, 2.75) is 6.92 Å². The van der Waals surface area contributed by atoms with Crippen LogP contribution in [-0.2, 0) is 4.79 Å². The van der Waals surface area contributed by atoms with Crippen molar-refractivity contribution >= 4 is 33.5 Å². The normalized spacial score (nSPS) is 10.5. The lowest BCUT2D eigenvalue weighted by Gasteiger charge is -2.03. The van der Waals surface area contributed by atoms with Crippen molar-refractivity contribution in [3.05, 3.63) is 11.3 Å². The van der Waals surface area contributed by atoms with Gasteiger partial charge in [0.05, 0.1) is 5.51 Å². The highest BCUT2D eigenvalue weighted by Gasteiger charge is 2.08. The lowest BCUT2D eigenvalue weighted by atomic mass is 10.4. The maximum absolute atomic E-state index is 10.4. The van der Waals surface area contributed by atoms with E-state index in [2.05, 4.69) is 20.3 Å². The number of anilines is 1. The smallest absolute Gasteiger partial charge is 0.322 e. The van der Waals surface area contributed by atoms with Crippen molar-refractivity contribution in [1.29, 1.82) is 0 Å². The van der Waals surface area contributed by atoms with E-state index in [1.807, 2.05) is 0 Å². The SMILES string of the molecule is Cc1nc(NCC(=O)O)c2ncsc2n1. The molecule has 0 unspecified atom stereocenters. The van der Waals surface area contributed by atoms with Gasteiger partial charge in [0.1, 0.15) is 22.7 Å². The van der Waals surface area contributed by atoms with Crippen LogP contribution in [0.5, 0.6) is 0 Å². The van der Waals surface area contributed by atoms with Crippen LogP contribution < -0.4 is 5.32 Å². The number of aromatic nitrogens is 3. The first kappa shape index (κ1) is 9.78. The van der Waals surface area contributed by atoms with Crippen LogP contribution in [0.3, 0.4) is 0 Å². The first-order valence-corrected chi connectivity index (χ1v) is 5.08. The minimum atomic E-state index is -0.936. The number of hydrogen-bond donors (Lipinski definition) is 2. The summed E-state index contributed by atoms with van der Waals surface area (Å²) in [7, 11) is 0. The molecule has 0 aliphatic rings. The Labute approximate surface area is 89.0 Å². The van der Waals surface area contributed by atoms with Crippen molar-refractivity contribution in [2.75, 3.05) is 11.9 Å². The maximum atomic E-state index is 10.4. The highest BCUT2D eigenvalue weighted by Crippen LogP contribution is 2.21. The van der Waals surface area contributed by atoms with Crippen LogP contribution in [0.15, 0.2) is 5.51 Å². The quantitative estimate of drug-likeness (QED) is 0.805. The van der Waals surface area contributed by atoms with E-state index >= 15 is 0 Å². The number of nitrogens with zero attached hydrogens (tertiary/aromatic N) is 3. The molecule has 0 amide bonds. The Kier molecular flexibility index (Phi) is 2.46. The van der Waals surface area contributed by atoms with Crippen LogP contribution in [0, 0.1) is 6.92 Å². The fraction of sp³-hybridized carbons (Fsp3) is 0.250. The lowest BCUT2D eigenvalue weighted by molar-refractivity contribution is -0.134. The summed E-state index contributed by atoms with van der Waals surface area (Å²) in [5, 5.41) is 11.3. The summed E-state index contributed by atoms with van der Waals surface area (Å²) < 4.78 is 0. The molecule has 2 heterocycles. The molecule has 0 aliphatic heterocycles. The number of rotatable bonds is 3. The maximum Gasteiger partial charge on any atom is 0.322 e. The van der Waals surface area contributed by atoms with Crippen LogP contribution in [0.2, 0.25) is 0 Å². The summed E-state index contributed by atoms with van der Waals surface area (Å²) in [5.74, 6) is 0.135. The van der Waals surface area contributed by atoms with Crippen molar-refractivity contribution < 1.29 is 9.90 Å². The molecule has 0 fully saturated rings.